The summed E-state index contributed by atoms with van der Waals surface area (Å²) in [5, 5.41) is 3.15. The molecule has 1 aliphatic rings. The Balaban J connectivity index is 0.00000288. The molecule has 2 rings (SSSR count). The predicted octanol–water partition coefficient (Wildman–Crippen LogP) is 3.31. The Morgan fingerprint density at radius 3 is 2.54 bits per heavy atom. The van der Waals surface area contributed by atoms with E-state index in [9.17, 15) is 4.79 Å². The number of benzene rings is 1. The third-order valence-electron chi connectivity index (χ3n) is 4.49. The van der Waals surface area contributed by atoms with Crippen molar-refractivity contribution in [2.45, 2.75) is 45.1 Å². The molecule has 0 bridgehead atoms. The van der Waals surface area contributed by atoms with Gasteiger partial charge in [-0.05, 0) is 29.4 Å². The van der Waals surface area contributed by atoms with E-state index in [4.69, 9.17) is 4.74 Å². The van der Waals surface area contributed by atoms with E-state index in [1.54, 1.807) is 7.11 Å². The van der Waals surface area contributed by atoms with Crippen molar-refractivity contribution in [2.75, 3.05) is 33.4 Å². The molecule has 0 radical (unpaired) electrons. The molecule has 1 saturated heterocycles. The van der Waals surface area contributed by atoms with Gasteiger partial charge in [0.1, 0.15) is 0 Å². The van der Waals surface area contributed by atoms with Gasteiger partial charge in [-0.25, -0.2) is 0 Å². The molecular weight excluding hydrogens is 324 g/mol. The van der Waals surface area contributed by atoms with Crippen LogP contribution in [0.25, 0.3) is 0 Å². The summed E-state index contributed by atoms with van der Waals surface area (Å²) >= 11 is 0. The second-order valence-corrected chi connectivity index (χ2v) is 7.29. The maximum atomic E-state index is 12.4. The maximum Gasteiger partial charge on any atom is 0.237 e. The summed E-state index contributed by atoms with van der Waals surface area (Å²) in [6.07, 6.45) is 2.13. The monoisotopic (exact) mass is 354 g/mol. The summed E-state index contributed by atoms with van der Waals surface area (Å²) in [4.78, 5) is 14.5. The van der Waals surface area contributed by atoms with E-state index < -0.39 is 0 Å². The first-order valence-electron chi connectivity index (χ1n) is 8.53. The number of methoxy groups -OCH3 is 1. The molecule has 5 heteroatoms. The van der Waals surface area contributed by atoms with Gasteiger partial charge in [-0.3, -0.25) is 4.79 Å². The molecule has 1 unspecified atom stereocenters. The summed E-state index contributed by atoms with van der Waals surface area (Å²) in [7, 11) is 1.67. The Kier molecular flexibility index (Phi) is 8.20. The first-order chi connectivity index (χ1) is 10.9. The highest BCUT2D eigenvalue weighted by atomic mass is 35.5. The normalized spacial score (nSPS) is 17.7. The lowest BCUT2D eigenvalue weighted by molar-refractivity contribution is -0.131. The predicted molar refractivity (Wildman–Crippen MR) is 101 cm³/mol. The topological polar surface area (TPSA) is 41.6 Å². The molecule has 0 aromatic heterocycles. The molecule has 1 aromatic rings. The van der Waals surface area contributed by atoms with Gasteiger partial charge in [0.15, 0.2) is 0 Å². The first kappa shape index (κ1) is 20.9. The Morgan fingerprint density at radius 2 is 1.96 bits per heavy atom. The van der Waals surface area contributed by atoms with Crippen molar-refractivity contribution in [1.29, 1.82) is 0 Å². The van der Waals surface area contributed by atoms with Gasteiger partial charge >= 0.3 is 0 Å². The summed E-state index contributed by atoms with van der Waals surface area (Å²) in [6, 6.07) is 9.01. The van der Waals surface area contributed by atoms with Gasteiger partial charge < -0.3 is 15.0 Å². The maximum absolute atomic E-state index is 12.4. The molecule has 0 aliphatic carbocycles. The largest absolute Gasteiger partial charge is 0.383 e. The van der Waals surface area contributed by atoms with Gasteiger partial charge in [0.2, 0.25) is 5.91 Å². The Labute approximate surface area is 152 Å². The fourth-order valence-corrected chi connectivity index (χ4v) is 3.09. The van der Waals surface area contributed by atoms with Crippen LogP contribution in [0, 0.1) is 0 Å². The highest BCUT2D eigenvalue weighted by molar-refractivity contribution is 5.85. The van der Waals surface area contributed by atoms with Crippen LogP contribution in [0.2, 0.25) is 0 Å². The highest BCUT2D eigenvalue weighted by Gasteiger charge is 2.29. The minimum atomic E-state index is 0. The molecule has 1 fully saturated rings. The molecule has 1 amide bonds. The molecule has 1 aliphatic heterocycles. The SMILES string of the molecule is COCCNCC(=O)N1CCCC1c1ccc(C(C)(C)C)cc1.Cl. The lowest BCUT2D eigenvalue weighted by Gasteiger charge is -2.26. The van der Waals surface area contributed by atoms with Crippen LogP contribution < -0.4 is 5.32 Å². The number of rotatable bonds is 6. The van der Waals surface area contributed by atoms with E-state index in [0.717, 1.165) is 19.4 Å². The van der Waals surface area contributed by atoms with Crippen molar-refractivity contribution < 1.29 is 9.53 Å². The number of carbonyl (C=O) groups excluding carboxylic acids is 1. The number of halogens is 1. The smallest absolute Gasteiger partial charge is 0.237 e. The number of likely N-dealkylation sites (tertiary alicyclic amines) is 1. The van der Waals surface area contributed by atoms with E-state index >= 15 is 0 Å². The molecule has 4 nitrogen and oxygen atoms in total. The van der Waals surface area contributed by atoms with E-state index in [1.807, 2.05) is 4.90 Å². The molecule has 0 spiro atoms. The van der Waals surface area contributed by atoms with Gasteiger partial charge in [0.25, 0.3) is 0 Å². The van der Waals surface area contributed by atoms with Crippen LogP contribution in [0.5, 0.6) is 0 Å². The Morgan fingerprint density at radius 1 is 1.29 bits per heavy atom. The number of hydrogen-bond acceptors (Lipinski definition) is 3. The van der Waals surface area contributed by atoms with Crippen LogP contribution in [0.15, 0.2) is 24.3 Å². The summed E-state index contributed by atoms with van der Waals surface area (Å²) < 4.78 is 4.99. The number of carbonyl (C=O) groups is 1. The van der Waals surface area contributed by atoms with Crippen molar-refractivity contribution in [3.8, 4) is 0 Å². The average Bonchev–Trinajstić information content (AvgIpc) is 3.00. The summed E-state index contributed by atoms with van der Waals surface area (Å²) in [5.74, 6) is 0.184. The van der Waals surface area contributed by atoms with Crippen molar-refractivity contribution >= 4 is 18.3 Å². The number of amides is 1. The van der Waals surface area contributed by atoms with Gasteiger partial charge in [-0.2, -0.15) is 0 Å². The van der Waals surface area contributed by atoms with Gasteiger partial charge in [0.05, 0.1) is 19.2 Å². The quantitative estimate of drug-likeness (QED) is 0.797. The summed E-state index contributed by atoms with van der Waals surface area (Å²) in [6.45, 7) is 9.25. The van der Waals surface area contributed by atoms with Gasteiger partial charge in [-0.15, -0.1) is 12.4 Å². The van der Waals surface area contributed by atoms with E-state index in [1.165, 1.54) is 11.1 Å². The zero-order chi connectivity index (χ0) is 16.9. The third-order valence-corrected chi connectivity index (χ3v) is 4.49. The summed E-state index contributed by atoms with van der Waals surface area (Å²) in [5.41, 5.74) is 2.74. The molecule has 24 heavy (non-hydrogen) atoms. The van der Waals surface area contributed by atoms with E-state index in [2.05, 4.69) is 50.4 Å². The number of ether oxygens (including phenoxy) is 1. The zero-order valence-electron chi connectivity index (χ0n) is 15.3. The third kappa shape index (κ3) is 5.47. The molecule has 1 aromatic carbocycles. The van der Waals surface area contributed by atoms with Crippen molar-refractivity contribution in [3.63, 3.8) is 0 Å². The molecule has 1 atom stereocenters. The van der Waals surface area contributed by atoms with Crippen LogP contribution in [0.3, 0.4) is 0 Å². The lowest BCUT2D eigenvalue weighted by atomic mass is 9.86. The van der Waals surface area contributed by atoms with Crippen LogP contribution in [-0.2, 0) is 14.9 Å². The Hall–Kier alpha value is -1.10. The van der Waals surface area contributed by atoms with Crippen LogP contribution in [0.4, 0.5) is 0 Å². The second-order valence-electron chi connectivity index (χ2n) is 7.29. The molecule has 136 valence electrons. The molecule has 1 heterocycles. The fourth-order valence-electron chi connectivity index (χ4n) is 3.09. The molecule has 0 saturated carbocycles. The fraction of sp³-hybridized carbons (Fsp3) is 0.632. The molecular formula is C19H31ClN2O2. The van der Waals surface area contributed by atoms with Crippen LogP contribution in [-0.4, -0.2) is 44.2 Å². The van der Waals surface area contributed by atoms with Crippen molar-refractivity contribution in [1.82, 2.24) is 10.2 Å². The number of nitrogens with zero attached hydrogens (tertiary/aromatic N) is 1. The van der Waals surface area contributed by atoms with Crippen LogP contribution in [0.1, 0.15) is 50.8 Å². The minimum Gasteiger partial charge on any atom is -0.383 e. The van der Waals surface area contributed by atoms with Gasteiger partial charge in [0, 0.05) is 20.2 Å². The standard InChI is InChI=1S/C19H30N2O2.ClH/c1-19(2,3)16-9-7-15(8-10-16)17-6-5-12-21(17)18(22)14-20-11-13-23-4;/h7-10,17,20H,5-6,11-14H2,1-4H3;1H. The van der Waals surface area contributed by atoms with E-state index in [-0.39, 0.29) is 29.8 Å². The molecule has 1 N–H and O–H groups in total. The zero-order valence-corrected chi connectivity index (χ0v) is 16.1. The minimum absolute atomic E-state index is 0. The Bertz CT molecular complexity index is 511. The van der Waals surface area contributed by atoms with Crippen molar-refractivity contribution in [3.05, 3.63) is 35.4 Å². The van der Waals surface area contributed by atoms with Crippen LogP contribution >= 0.6 is 12.4 Å². The second kappa shape index (κ2) is 9.40. The average molecular weight is 355 g/mol. The number of hydrogen-bond donors (Lipinski definition) is 1. The first-order valence-corrected chi connectivity index (χ1v) is 8.53. The van der Waals surface area contributed by atoms with Crippen molar-refractivity contribution in [2.24, 2.45) is 0 Å². The van der Waals surface area contributed by atoms with E-state index in [0.29, 0.717) is 19.7 Å². The lowest BCUT2D eigenvalue weighted by Crippen LogP contribution is -2.38. The highest BCUT2D eigenvalue weighted by Crippen LogP contribution is 2.33. The van der Waals surface area contributed by atoms with Gasteiger partial charge in [-0.1, -0.05) is 45.0 Å². The number of nitrogens with one attached hydrogen (secondary N) is 1.